The van der Waals surface area contributed by atoms with Crippen molar-refractivity contribution in [1.82, 2.24) is 10.2 Å². The summed E-state index contributed by atoms with van der Waals surface area (Å²) in [7, 11) is 0. The minimum atomic E-state index is 0.666. The summed E-state index contributed by atoms with van der Waals surface area (Å²) < 4.78 is 0. The molecule has 0 aliphatic rings. The molecule has 0 aliphatic carbocycles. The van der Waals surface area contributed by atoms with Crippen LogP contribution in [-0.2, 0) is 0 Å². The van der Waals surface area contributed by atoms with Gasteiger partial charge in [-0.2, -0.15) is 10.2 Å². The number of hydrogen-bond acceptors (Lipinski definition) is 4. The van der Waals surface area contributed by atoms with Crippen molar-refractivity contribution in [1.29, 1.82) is 0 Å². The van der Waals surface area contributed by atoms with E-state index in [4.69, 9.17) is 0 Å². The Morgan fingerprint density at radius 2 is 1.81 bits per heavy atom. The number of rotatable bonds is 3. The average molecular weight is 276 g/mol. The van der Waals surface area contributed by atoms with Crippen LogP contribution < -0.4 is 5.43 Å². The topological polar surface area (TPSA) is 50.2 Å². The van der Waals surface area contributed by atoms with Crippen LogP contribution in [0.3, 0.4) is 0 Å². The molecule has 3 rings (SSSR count). The summed E-state index contributed by atoms with van der Waals surface area (Å²) in [6.07, 6.45) is 1.75. The van der Waals surface area contributed by atoms with Crippen LogP contribution in [-0.4, -0.2) is 15.9 Å². The minimum absolute atomic E-state index is 0.666. The second kappa shape index (κ2) is 5.71. The highest BCUT2D eigenvalue weighted by atomic mass is 15.3. The SMILES string of the molecule is C/C(=N\Nc1nncc2ccccc12)c1ccc(C)cc1. The molecular formula is C17H16N4. The number of nitrogens with one attached hydrogen (secondary N) is 1. The van der Waals surface area contributed by atoms with Crippen molar-refractivity contribution < 1.29 is 0 Å². The summed E-state index contributed by atoms with van der Waals surface area (Å²) in [5.41, 5.74) is 6.24. The molecule has 1 aromatic heterocycles. The van der Waals surface area contributed by atoms with E-state index in [-0.39, 0.29) is 0 Å². The predicted molar refractivity (Wildman–Crippen MR) is 86.6 cm³/mol. The Labute approximate surface area is 123 Å². The molecule has 0 radical (unpaired) electrons. The second-order valence-corrected chi connectivity index (χ2v) is 4.96. The lowest BCUT2D eigenvalue weighted by Crippen LogP contribution is -2.02. The number of fused-ring (bicyclic) bond motifs is 1. The monoisotopic (exact) mass is 276 g/mol. The molecule has 0 aliphatic heterocycles. The quantitative estimate of drug-likeness (QED) is 0.585. The van der Waals surface area contributed by atoms with Gasteiger partial charge in [0.15, 0.2) is 5.82 Å². The molecule has 4 heteroatoms. The maximum absolute atomic E-state index is 4.41. The molecule has 3 aromatic rings. The highest BCUT2D eigenvalue weighted by Gasteiger charge is 2.02. The highest BCUT2D eigenvalue weighted by Crippen LogP contribution is 2.19. The highest BCUT2D eigenvalue weighted by molar-refractivity contribution is 5.99. The van der Waals surface area contributed by atoms with Gasteiger partial charge in [0.1, 0.15) is 0 Å². The zero-order valence-electron chi connectivity index (χ0n) is 12.0. The third-order valence-corrected chi connectivity index (χ3v) is 3.37. The van der Waals surface area contributed by atoms with Crippen LogP contribution in [0, 0.1) is 6.92 Å². The molecule has 0 spiro atoms. The lowest BCUT2D eigenvalue weighted by molar-refractivity contribution is 1.04. The Balaban J connectivity index is 1.88. The van der Waals surface area contributed by atoms with E-state index in [1.807, 2.05) is 31.2 Å². The van der Waals surface area contributed by atoms with E-state index >= 15 is 0 Å². The van der Waals surface area contributed by atoms with Crippen LogP contribution in [0.15, 0.2) is 59.8 Å². The van der Waals surface area contributed by atoms with Gasteiger partial charge in [-0.3, -0.25) is 5.43 Å². The number of nitrogens with zero attached hydrogens (tertiary/aromatic N) is 3. The number of anilines is 1. The first-order valence-corrected chi connectivity index (χ1v) is 6.82. The Morgan fingerprint density at radius 1 is 1.05 bits per heavy atom. The van der Waals surface area contributed by atoms with Crippen LogP contribution in [0.4, 0.5) is 5.82 Å². The van der Waals surface area contributed by atoms with E-state index in [0.29, 0.717) is 5.82 Å². The third kappa shape index (κ3) is 2.89. The molecule has 0 saturated heterocycles. The fourth-order valence-corrected chi connectivity index (χ4v) is 2.11. The van der Waals surface area contributed by atoms with E-state index in [2.05, 4.69) is 51.9 Å². The number of hydrazone groups is 1. The molecule has 104 valence electrons. The van der Waals surface area contributed by atoms with E-state index in [0.717, 1.165) is 22.0 Å². The lowest BCUT2D eigenvalue weighted by Gasteiger charge is -2.05. The van der Waals surface area contributed by atoms with Crippen LogP contribution in [0.2, 0.25) is 0 Å². The molecule has 0 bridgehead atoms. The largest absolute Gasteiger partial charge is 0.259 e. The zero-order chi connectivity index (χ0) is 14.7. The molecule has 21 heavy (non-hydrogen) atoms. The van der Waals surface area contributed by atoms with Crippen molar-refractivity contribution in [2.24, 2.45) is 5.10 Å². The van der Waals surface area contributed by atoms with Crippen LogP contribution in [0.1, 0.15) is 18.1 Å². The predicted octanol–water partition coefficient (Wildman–Crippen LogP) is 3.77. The number of hydrogen-bond donors (Lipinski definition) is 1. The smallest absolute Gasteiger partial charge is 0.176 e. The van der Waals surface area contributed by atoms with E-state index in [9.17, 15) is 0 Å². The molecule has 0 fully saturated rings. The minimum Gasteiger partial charge on any atom is -0.259 e. The van der Waals surface area contributed by atoms with Crippen LogP contribution >= 0.6 is 0 Å². The van der Waals surface area contributed by atoms with Crippen molar-refractivity contribution in [3.05, 3.63) is 65.9 Å². The van der Waals surface area contributed by atoms with Gasteiger partial charge in [0.25, 0.3) is 0 Å². The summed E-state index contributed by atoms with van der Waals surface area (Å²) in [4.78, 5) is 0. The summed E-state index contributed by atoms with van der Waals surface area (Å²) >= 11 is 0. The van der Waals surface area contributed by atoms with Crippen LogP contribution in [0.5, 0.6) is 0 Å². The van der Waals surface area contributed by atoms with Crippen molar-refractivity contribution in [2.45, 2.75) is 13.8 Å². The summed E-state index contributed by atoms with van der Waals surface area (Å²) in [6, 6.07) is 16.2. The molecule has 0 unspecified atom stereocenters. The Hall–Kier alpha value is -2.75. The molecule has 1 heterocycles. The number of benzene rings is 2. The standard InChI is InChI=1S/C17H16N4/c1-12-7-9-14(10-8-12)13(2)19-21-17-16-6-4-3-5-15(16)11-18-20-17/h3-11H,1-2H3,(H,20,21)/b19-13+. The first-order valence-electron chi connectivity index (χ1n) is 6.82. The summed E-state index contributed by atoms with van der Waals surface area (Å²) in [6.45, 7) is 4.04. The zero-order valence-corrected chi connectivity index (χ0v) is 12.0. The van der Waals surface area contributed by atoms with Gasteiger partial charge in [-0.1, -0.05) is 54.1 Å². The molecule has 1 N–H and O–H groups in total. The lowest BCUT2D eigenvalue weighted by atomic mass is 10.1. The molecule has 0 atom stereocenters. The van der Waals surface area contributed by atoms with Gasteiger partial charge >= 0.3 is 0 Å². The first-order chi connectivity index (χ1) is 10.2. The van der Waals surface area contributed by atoms with Gasteiger partial charge in [0, 0.05) is 10.8 Å². The Morgan fingerprint density at radius 3 is 2.62 bits per heavy atom. The molecule has 0 amide bonds. The normalized spacial score (nSPS) is 11.6. The summed E-state index contributed by atoms with van der Waals surface area (Å²) in [5.74, 6) is 0.666. The van der Waals surface area contributed by atoms with Gasteiger partial charge in [-0.25, -0.2) is 0 Å². The van der Waals surface area contributed by atoms with E-state index in [1.54, 1.807) is 6.20 Å². The van der Waals surface area contributed by atoms with E-state index in [1.165, 1.54) is 5.56 Å². The average Bonchev–Trinajstić information content (AvgIpc) is 2.53. The third-order valence-electron chi connectivity index (χ3n) is 3.37. The van der Waals surface area contributed by atoms with Gasteiger partial charge in [-0.05, 0) is 19.4 Å². The fourth-order valence-electron chi connectivity index (χ4n) is 2.11. The number of aromatic nitrogens is 2. The molecule has 4 nitrogen and oxygen atoms in total. The van der Waals surface area contributed by atoms with Crippen molar-refractivity contribution in [3.63, 3.8) is 0 Å². The Bertz CT molecular complexity index is 786. The van der Waals surface area contributed by atoms with Gasteiger partial charge in [0.05, 0.1) is 11.9 Å². The maximum Gasteiger partial charge on any atom is 0.176 e. The molecule has 0 saturated carbocycles. The van der Waals surface area contributed by atoms with Crippen molar-refractivity contribution in [3.8, 4) is 0 Å². The fraction of sp³-hybridized carbons (Fsp3) is 0.118. The van der Waals surface area contributed by atoms with Crippen molar-refractivity contribution >= 4 is 22.3 Å². The maximum atomic E-state index is 4.41. The van der Waals surface area contributed by atoms with Gasteiger partial charge in [-0.15, -0.1) is 5.10 Å². The van der Waals surface area contributed by atoms with Gasteiger partial charge in [0.2, 0.25) is 0 Å². The second-order valence-electron chi connectivity index (χ2n) is 4.96. The first kappa shape index (κ1) is 13.2. The van der Waals surface area contributed by atoms with Crippen LogP contribution in [0.25, 0.3) is 10.8 Å². The van der Waals surface area contributed by atoms with Crippen molar-refractivity contribution in [2.75, 3.05) is 5.43 Å². The molecular weight excluding hydrogens is 260 g/mol. The van der Waals surface area contributed by atoms with Gasteiger partial charge < -0.3 is 0 Å². The Kier molecular flexibility index (Phi) is 3.60. The number of aryl methyl sites for hydroxylation is 1. The van der Waals surface area contributed by atoms with E-state index < -0.39 is 0 Å². The summed E-state index contributed by atoms with van der Waals surface area (Å²) in [5, 5.41) is 14.6. The molecule has 2 aromatic carbocycles.